The van der Waals surface area contributed by atoms with Crippen molar-refractivity contribution in [1.82, 2.24) is 0 Å². The van der Waals surface area contributed by atoms with E-state index in [9.17, 15) is 20.2 Å². The largest absolute Gasteiger partial charge is 0.313 e. The molecule has 0 heterocycles. The third-order valence-corrected chi connectivity index (χ3v) is 3.16. The summed E-state index contributed by atoms with van der Waals surface area (Å²) < 4.78 is 0. The first kappa shape index (κ1) is 15.4. The van der Waals surface area contributed by atoms with Gasteiger partial charge in [0.2, 0.25) is 0 Å². The molecule has 0 saturated carbocycles. The van der Waals surface area contributed by atoms with Gasteiger partial charge in [0.1, 0.15) is 13.2 Å². The average Bonchev–Trinajstić information content (AvgIpc) is 2.15. The number of rotatable bonds is 7. The van der Waals surface area contributed by atoms with Gasteiger partial charge in [-0.15, -0.1) is 20.2 Å². The molecular formula is C9H18N2O6. The van der Waals surface area contributed by atoms with E-state index in [0.717, 1.165) is 0 Å². The van der Waals surface area contributed by atoms with Crippen LogP contribution in [0.3, 0.4) is 0 Å². The molecule has 8 nitrogen and oxygen atoms in total. The van der Waals surface area contributed by atoms with Crippen LogP contribution in [0.5, 0.6) is 0 Å². The van der Waals surface area contributed by atoms with Gasteiger partial charge in [-0.25, -0.2) is 0 Å². The van der Waals surface area contributed by atoms with Crippen LogP contribution in [0.2, 0.25) is 0 Å². The summed E-state index contributed by atoms with van der Waals surface area (Å²) in [5.74, 6) is 0. The minimum Gasteiger partial charge on any atom is -0.313 e. The Balaban J connectivity index is 4.87. The standard InChI is InChI=1S/C9H18N2O6/c1-5-9(8(2,3)4,6-16-10(12)13)7-17-11(14)15/h5-7H2,1-4H3. The highest BCUT2D eigenvalue weighted by atomic mass is 17.0. The molecular weight excluding hydrogens is 232 g/mol. The van der Waals surface area contributed by atoms with Crippen molar-refractivity contribution in [3.63, 3.8) is 0 Å². The summed E-state index contributed by atoms with van der Waals surface area (Å²) in [5, 5.41) is 18.7. The number of hydrogen-bond acceptors (Lipinski definition) is 6. The first-order valence-corrected chi connectivity index (χ1v) is 5.19. The predicted octanol–water partition coefficient (Wildman–Crippen LogP) is 1.85. The van der Waals surface area contributed by atoms with E-state index in [-0.39, 0.29) is 13.2 Å². The van der Waals surface area contributed by atoms with Crippen LogP contribution in [0.25, 0.3) is 0 Å². The molecule has 0 fully saturated rings. The lowest BCUT2D eigenvalue weighted by Crippen LogP contribution is -2.44. The van der Waals surface area contributed by atoms with Crippen LogP contribution in [-0.4, -0.2) is 23.4 Å². The van der Waals surface area contributed by atoms with E-state index in [1.165, 1.54) is 0 Å². The topological polar surface area (TPSA) is 105 Å². The van der Waals surface area contributed by atoms with Crippen molar-refractivity contribution >= 4 is 0 Å². The quantitative estimate of drug-likeness (QED) is 0.504. The zero-order chi connectivity index (χ0) is 13.7. The molecule has 0 aromatic heterocycles. The summed E-state index contributed by atoms with van der Waals surface area (Å²) >= 11 is 0. The fourth-order valence-electron chi connectivity index (χ4n) is 1.56. The summed E-state index contributed by atoms with van der Waals surface area (Å²) in [7, 11) is 0. The van der Waals surface area contributed by atoms with Crippen LogP contribution in [0.15, 0.2) is 0 Å². The van der Waals surface area contributed by atoms with E-state index >= 15 is 0 Å². The van der Waals surface area contributed by atoms with Crippen molar-refractivity contribution in [2.24, 2.45) is 10.8 Å². The Bertz CT molecular complexity index is 268. The molecule has 0 radical (unpaired) electrons. The molecule has 0 N–H and O–H groups in total. The van der Waals surface area contributed by atoms with Gasteiger partial charge >= 0.3 is 0 Å². The van der Waals surface area contributed by atoms with Gasteiger partial charge in [-0.1, -0.05) is 27.7 Å². The van der Waals surface area contributed by atoms with Crippen molar-refractivity contribution in [3.8, 4) is 0 Å². The first-order valence-electron chi connectivity index (χ1n) is 5.19. The van der Waals surface area contributed by atoms with Crippen molar-refractivity contribution < 1.29 is 19.8 Å². The molecule has 0 rings (SSSR count). The maximum Gasteiger partial charge on any atom is 0.294 e. The monoisotopic (exact) mass is 250 g/mol. The molecule has 8 heteroatoms. The zero-order valence-electron chi connectivity index (χ0n) is 10.5. The highest BCUT2D eigenvalue weighted by molar-refractivity contribution is 4.88. The molecule has 0 amide bonds. The SMILES string of the molecule is CCC(CO[N+](=O)[O-])(CO[N+](=O)[O-])C(C)(C)C. The van der Waals surface area contributed by atoms with Gasteiger partial charge in [-0.05, 0) is 11.8 Å². The van der Waals surface area contributed by atoms with Crippen molar-refractivity contribution in [2.45, 2.75) is 34.1 Å². The highest BCUT2D eigenvalue weighted by Crippen LogP contribution is 2.42. The Labute approximate surface area is 99.1 Å². The predicted molar refractivity (Wildman–Crippen MR) is 58.1 cm³/mol. The summed E-state index contributed by atoms with van der Waals surface area (Å²) in [4.78, 5) is 29.2. The molecule has 0 aromatic rings. The van der Waals surface area contributed by atoms with E-state index in [1.54, 1.807) is 6.92 Å². The third-order valence-electron chi connectivity index (χ3n) is 3.16. The molecule has 0 aliphatic heterocycles. The zero-order valence-corrected chi connectivity index (χ0v) is 10.5. The maximum absolute atomic E-state index is 10.2. The first-order chi connectivity index (χ1) is 7.64. The Hall–Kier alpha value is -1.60. The molecule has 0 spiro atoms. The minimum absolute atomic E-state index is 0.228. The second kappa shape index (κ2) is 5.65. The highest BCUT2D eigenvalue weighted by Gasteiger charge is 2.42. The third kappa shape index (κ3) is 4.41. The van der Waals surface area contributed by atoms with Gasteiger partial charge in [0.15, 0.2) is 0 Å². The Morgan fingerprint density at radius 2 is 1.35 bits per heavy atom. The molecule has 0 unspecified atom stereocenters. The van der Waals surface area contributed by atoms with Crippen LogP contribution in [0.4, 0.5) is 0 Å². The fourth-order valence-corrected chi connectivity index (χ4v) is 1.56. The molecule has 0 aliphatic carbocycles. The van der Waals surface area contributed by atoms with Crippen LogP contribution >= 0.6 is 0 Å². The van der Waals surface area contributed by atoms with Crippen molar-refractivity contribution in [2.75, 3.05) is 13.2 Å². The van der Waals surface area contributed by atoms with E-state index in [2.05, 4.69) is 9.68 Å². The van der Waals surface area contributed by atoms with Crippen LogP contribution in [-0.2, 0) is 9.68 Å². The second-order valence-corrected chi connectivity index (χ2v) is 4.88. The van der Waals surface area contributed by atoms with E-state index in [1.807, 2.05) is 20.8 Å². The molecule has 0 saturated heterocycles. The van der Waals surface area contributed by atoms with E-state index in [0.29, 0.717) is 6.42 Å². The Kier molecular flexibility index (Phi) is 5.11. The summed E-state index contributed by atoms with van der Waals surface area (Å²) in [5.41, 5.74) is -1.21. The smallest absolute Gasteiger partial charge is 0.294 e. The Morgan fingerprint density at radius 3 is 1.53 bits per heavy atom. The van der Waals surface area contributed by atoms with Gasteiger partial charge in [-0.3, -0.25) is 0 Å². The van der Waals surface area contributed by atoms with Crippen molar-refractivity contribution in [3.05, 3.63) is 20.2 Å². The Morgan fingerprint density at radius 1 is 1.00 bits per heavy atom. The number of hydrogen-bond donors (Lipinski definition) is 0. The average molecular weight is 250 g/mol. The summed E-state index contributed by atoms with van der Waals surface area (Å²) in [6, 6.07) is 0. The van der Waals surface area contributed by atoms with Crippen LogP contribution in [0, 0.1) is 31.1 Å². The number of nitrogens with zero attached hydrogens (tertiary/aromatic N) is 2. The summed E-state index contributed by atoms with van der Waals surface area (Å²) in [6.45, 7) is 6.84. The van der Waals surface area contributed by atoms with Gasteiger partial charge in [0, 0.05) is 5.41 Å². The molecule has 17 heavy (non-hydrogen) atoms. The molecule has 0 aliphatic rings. The normalized spacial score (nSPS) is 12.0. The van der Waals surface area contributed by atoms with Gasteiger partial charge in [0.25, 0.3) is 10.2 Å². The molecule has 0 bridgehead atoms. The lowest BCUT2D eigenvalue weighted by atomic mass is 9.66. The minimum atomic E-state index is -0.900. The van der Waals surface area contributed by atoms with Gasteiger partial charge in [0.05, 0.1) is 0 Å². The van der Waals surface area contributed by atoms with Gasteiger partial charge < -0.3 is 9.68 Å². The maximum atomic E-state index is 10.2. The van der Waals surface area contributed by atoms with Gasteiger partial charge in [-0.2, -0.15) is 0 Å². The molecule has 0 atom stereocenters. The molecule has 100 valence electrons. The lowest BCUT2D eigenvalue weighted by molar-refractivity contribution is -0.773. The lowest BCUT2D eigenvalue weighted by Gasteiger charge is -2.42. The van der Waals surface area contributed by atoms with Crippen molar-refractivity contribution in [1.29, 1.82) is 0 Å². The molecule has 0 aromatic carbocycles. The fraction of sp³-hybridized carbons (Fsp3) is 1.00. The summed E-state index contributed by atoms with van der Waals surface area (Å²) in [6.07, 6.45) is 0.470. The van der Waals surface area contributed by atoms with E-state index in [4.69, 9.17) is 0 Å². The second-order valence-electron chi connectivity index (χ2n) is 4.88. The van der Waals surface area contributed by atoms with E-state index < -0.39 is 21.0 Å². The van der Waals surface area contributed by atoms with Crippen LogP contribution in [0.1, 0.15) is 34.1 Å². The van der Waals surface area contributed by atoms with Crippen LogP contribution < -0.4 is 0 Å².